The van der Waals surface area contributed by atoms with Crippen LogP contribution in [-0.2, 0) is 19.7 Å². The minimum absolute atomic E-state index is 0.0286. The van der Waals surface area contributed by atoms with E-state index in [1.807, 2.05) is 36.5 Å². The molecular formula is C18H21N3O2. The van der Waals surface area contributed by atoms with Crippen molar-refractivity contribution in [2.45, 2.75) is 19.7 Å². The SMILES string of the molecule is OCCN(Cc1ccccc1)Cc1cccn2ncc(CO)c12. The van der Waals surface area contributed by atoms with Gasteiger partial charge in [0.1, 0.15) is 0 Å². The van der Waals surface area contributed by atoms with Gasteiger partial charge in [-0.25, -0.2) is 4.52 Å². The molecule has 2 aromatic heterocycles. The van der Waals surface area contributed by atoms with Crippen LogP contribution in [0, 0.1) is 0 Å². The van der Waals surface area contributed by atoms with Crippen LogP contribution in [0.4, 0.5) is 0 Å². The topological polar surface area (TPSA) is 61.0 Å². The number of hydrogen-bond acceptors (Lipinski definition) is 4. The van der Waals surface area contributed by atoms with Crippen LogP contribution in [0.2, 0.25) is 0 Å². The summed E-state index contributed by atoms with van der Waals surface area (Å²) in [6.07, 6.45) is 3.58. The number of aliphatic hydroxyl groups excluding tert-OH is 2. The third-order valence-corrected chi connectivity index (χ3v) is 3.93. The first kappa shape index (κ1) is 15.7. The molecule has 1 aromatic carbocycles. The third kappa shape index (κ3) is 3.59. The molecule has 0 aliphatic rings. The van der Waals surface area contributed by atoms with E-state index in [0.29, 0.717) is 13.1 Å². The Morgan fingerprint density at radius 2 is 1.78 bits per heavy atom. The number of aliphatic hydroxyl groups is 2. The molecule has 0 spiro atoms. The molecule has 3 aromatic rings. The summed E-state index contributed by atoms with van der Waals surface area (Å²) in [5.74, 6) is 0. The second-order valence-electron chi connectivity index (χ2n) is 5.57. The van der Waals surface area contributed by atoms with E-state index in [9.17, 15) is 10.2 Å². The van der Waals surface area contributed by atoms with Crippen molar-refractivity contribution < 1.29 is 10.2 Å². The van der Waals surface area contributed by atoms with Crippen molar-refractivity contribution in [2.24, 2.45) is 0 Å². The fourth-order valence-corrected chi connectivity index (χ4v) is 2.87. The Morgan fingerprint density at radius 3 is 2.52 bits per heavy atom. The van der Waals surface area contributed by atoms with Gasteiger partial charge in [0, 0.05) is 31.4 Å². The lowest BCUT2D eigenvalue weighted by Crippen LogP contribution is -2.26. The zero-order valence-electron chi connectivity index (χ0n) is 13.0. The van der Waals surface area contributed by atoms with Crippen LogP contribution in [0.5, 0.6) is 0 Å². The number of pyridine rings is 1. The molecule has 0 atom stereocenters. The van der Waals surface area contributed by atoms with E-state index in [2.05, 4.69) is 22.1 Å². The zero-order chi connectivity index (χ0) is 16.1. The maximum Gasteiger partial charge on any atom is 0.0761 e. The van der Waals surface area contributed by atoms with Gasteiger partial charge in [0.25, 0.3) is 0 Å². The Kier molecular flexibility index (Phi) is 5.02. The molecule has 0 amide bonds. The van der Waals surface area contributed by atoms with Gasteiger partial charge < -0.3 is 10.2 Å². The van der Waals surface area contributed by atoms with E-state index >= 15 is 0 Å². The van der Waals surface area contributed by atoms with Gasteiger partial charge in [-0.1, -0.05) is 36.4 Å². The van der Waals surface area contributed by atoms with Crippen LogP contribution in [0.15, 0.2) is 54.9 Å². The van der Waals surface area contributed by atoms with Crippen molar-refractivity contribution in [3.05, 3.63) is 71.5 Å². The Balaban J connectivity index is 1.86. The van der Waals surface area contributed by atoms with E-state index < -0.39 is 0 Å². The van der Waals surface area contributed by atoms with Gasteiger partial charge >= 0.3 is 0 Å². The molecule has 2 N–H and O–H groups in total. The van der Waals surface area contributed by atoms with Gasteiger partial charge in [-0.15, -0.1) is 0 Å². The Bertz CT molecular complexity index is 755. The Labute approximate surface area is 135 Å². The normalized spacial score (nSPS) is 11.4. The summed E-state index contributed by atoms with van der Waals surface area (Å²) in [7, 11) is 0. The van der Waals surface area contributed by atoms with Crippen molar-refractivity contribution in [3.63, 3.8) is 0 Å². The van der Waals surface area contributed by atoms with E-state index in [4.69, 9.17) is 0 Å². The molecule has 0 fully saturated rings. The summed E-state index contributed by atoms with van der Waals surface area (Å²) >= 11 is 0. The highest BCUT2D eigenvalue weighted by atomic mass is 16.3. The van der Waals surface area contributed by atoms with Gasteiger partial charge in [0.15, 0.2) is 0 Å². The molecule has 120 valence electrons. The van der Waals surface area contributed by atoms with E-state index in [-0.39, 0.29) is 13.2 Å². The average molecular weight is 311 g/mol. The molecule has 0 unspecified atom stereocenters. The average Bonchev–Trinajstić information content (AvgIpc) is 3.00. The van der Waals surface area contributed by atoms with Crippen LogP contribution in [0.3, 0.4) is 0 Å². The van der Waals surface area contributed by atoms with Crippen LogP contribution in [-0.4, -0.2) is 37.9 Å². The number of hydrogen-bond donors (Lipinski definition) is 2. The lowest BCUT2D eigenvalue weighted by Gasteiger charge is -2.22. The summed E-state index contributed by atoms with van der Waals surface area (Å²) in [5, 5.41) is 23.2. The predicted molar refractivity (Wildman–Crippen MR) is 88.8 cm³/mol. The molecule has 0 bridgehead atoms. The molecule has 0 saturated heterocycles. The lowest BCUT2D eigenvalue weighted by atomic mass is 10.1. The van der Waals surface area contributed by atoms with Crippen LogP contribution in [0.25, 0.3) is 5.52 Å². The van der Waals surface area contributed by atoms with E-state index in [1.165, 1.54) is 5.56 Å². The van der Waals surface area contributed by atoms with Crippen molar-refractivity contribution in [2.75, 3.05) is 13.2 Å². The summed E-state index contributed by atoms with van der Waals surface area (Å²) in [6, 6.07) is 14.2. The van der Waals surface area contributed by atoms with Gasteiger partial charge in [0.05, 0.1) is 24.9 Å². The first-order valence-corrected chi connectivity index (χ1v) is 7.74. The smallest absolute Gasteiger partial charge is 0.0761 e. The quantitative estimate of drug-likeness (QED) is 0.699. The Morgan fingerprint density at radius 1 is 0.957 bits per heavy atom. The van der Waals surface area contributed by atoms with Gasteiger partial charge in [-0.3, -0.25) is 4.90 Å². The van der Waals surface area contributed by atoms with Crippen LogP contribution >= 0.6 is 0 Å². The Hall–Kier alpha value is -2.21. The molecule has 2 heterocycles. The molecule has 23 heavy (non-hydrogen) atoms. The number of nitrogens with zero attached hydrogens (tertiary/aromatic N) is 3. The first-order valence-electron chi connectivity index (χ1n) is 7.74. The highest BCUT2D eigenvalue weighted by molar-refractivity contribution is 5.60. The fraction of sp³-hybridized carbons (Fsp3) is 0.278. The molecule has 0 aliphatic carbocycles. The summed E-state index contributed by atoms with van der Waals surface area (Å²) < 4.78 is 1.79. The summed E-state index contributed by atoms with van der Waals surface area (Å²) in [4.78, 5) is 2.19. The van der Waals surface area contributed by atoms with Crippen molar-refractivity contribution in [3.8, 4) is 0 Å². The fourth-order valence-electron chi connectivity index (χ4n) is 2.87. The van der Waals surface area contributed by atoms with Crippen molar-refractivity contribution in [1.82, 2.24) is 14.5 Å². The molecule has 5 nitrogen and oxygen atoms in total. The van der Waals surface area contributed by atoms with Crippen LogP contribution < -0.4 is 0 Å². The number of aromatic nitrogens is 2. The minimum Gasteiger partial charge on any atom is -0.395 e. The number of rotatable bonds is 7. The number of benzene rings is 1. The monoisotopic (exact) mass is 311 g/mol. The lowest BCUT2D eigenvalue weighted by molar-refractivity contribution is 0.184. The third-order valence-electron chi connectivity index (χ3n) is 3.93. The molecule has 0 aliphatic heterocycles. The number of fused-ring (bicyclic) bond motifs is 1. The maximum absolute atomic E-state index is 9.51. The first-order chi connectivity index (χ1) is 11.3. The highest BCUT2D eigenvalue weighted by Gasteiger charge is 2.12. The predicted octanol–water partition coefficient (Wildman–Crippen LogP) is 1.82. The molecule has 3 rings (SSSR count). The second-order valence-corrected chi connectivity index (χ2v) is 5.57. The van der Waals surface area contributed by atoms with Crippen molar-refractivity contribution >= 4 is 5.52 Å². The standard InChI is InChI=1S/C18H21N3O2/c22-10-9-20(12-15-5-2-1-3-6-15)13-16-7-4-8-21-18(16)17(14-23)11-19-21/h1-8,11,22-23H,9-10,12-14H2. The summed E-state index contributed by atoms with van der Waals surface area (Å²) in [5.41, 5.74) is 4.08. The molecule has 5 heteroatoms. The van der Waals surface area contributed by atoms with Gasteiger partial charge in [0.2, 0.25) is 0 Å². The molecular weight excluding hydrogens is 290 g/mol. The van der Waals surface area contributed by atoms with Gasteiger partial charge in [-0.2, -0.15) is 5.10 Å². The van der Waals surface area contributed by atoms with E-state index in [0.717, 1.165) is 23.2 Å². The largest absolute Gasteiger partial charge is 0.395 e. The van der Waals surface area contributed by atoms with Crippen molar-refractivity contribution in [1.29, 1.82) is 0 Å². The molecule has 0 radical (unpaired) electrons. The van der Waals surface area contributed by atoms with Gasteiger partial charge in [-0.05, 0) is 17.2 Å². The van der Waals surface area contributed by atoms with E-state index in [1.54, 1.807) is 10.7 Å². The highest BCUT2D eigenvalue weighted by Crippen LogP contribution is 2.19. The minimum atomic E-state index is -0.0286. The second kappa shape index (κ2) is 7.37. The maximum atomic E-state index is 9.51. The molecule has 0 saturated carbocycles. The van der Waals surface area contributed by atoms with Crippen LogP contribution in [0.1, 0.15) is 16.7 Å². The zero-order valence-corrected chi connectivity index (χ0v) is 13.0. The summed E-state index contributed by atoms with van der Waals surface area (Å²) in [6.45, 7) is 2.14.